The maximum absolute atomic E-state index is 12.5. The molecule has 0 heterocycles. The number of unbranched alkanes of at least 4 members (excludes halogenated alkanes) is 1. The second-order valence-electron chi connectivity index (χ2n) is 7.76. The van der Waals surface area contributed by atoms with Crippen molar-refractivity contribution in [1.82, 2.24) is 10.6 Å². The normalized spacial score (nSPS) is 15.2. The highest BCUT2D eigenvalue weighted by atomic mass is 35.5. The third-order valence-corrected chi connectivity index (χ3v) is 5.77. The molecule has 2 aromatic carbocycles. The molecule has 0 radical (unpaired) electrons. The molecular weight excluding hydrogens is 384 g/mol. The van der Waals surface area contributed by atoms with Crippen LogP contribution in [-0.2, 0) is 24.1 Å². The first-order chi connectivity index (χ1) is 14.0. The predicted octanol–water partition coefficient (Wildman–Crippen LogP) is 4.13. The molecular formula is C24H29ClN2O2. The Morgan fingerprint density at radius 3 is 2.62 bits per heavy atom. The average Bonchev–Trinajstić information content (AvgIpc) is 3.09. The standard InChI is InChI=1S/C24H29ClN2O2/c1-17(28)27-22-15-19-9-10-20(14-21(19)16-22)24(29)8-4-5-12-26-13-11-18-6-2-3-7-23(18)25/h2-3,6-7,9-10,14,22,26H,4-5,8,11-13,15-16H2,1H3,(H,27,28). The molecule has 3 rings (SSSR count). The number of rotatable bonds is 10. The first-order valence-corrected chi connectivity index (χ1v) is 10.8. The molecule has 0 saturated heterocycles. The summed E-state index contributed by atoms with van der Waals surface area (Å²) >= 11 is 6.16. The number of carbonyl (C=O) groups is 2. The minimum atomic E-state index is -0.000388. The Balaban J connectivity index is 1.34. The molecule has 154 valence electrons. The van der Waals surface area contributed by atoms with Crippen molar-refractivity contribution in [2.24, 2.45) is 0 Å². The fourth-order valence-corrected chi connectivity index (χ4v) is 4.14. The van der Waals surface area contributed by atoms with Crippen LogP contribution in [0.15, 0.2) is 42.5 Å². The van der Waals surface area contributed by atoms with Crippen LogP contribution < -0.4 is 10.6 Å². The van der Waals surface area contributed by atoms with Gasteiger partial charge in [0.1, 0.15) is 0 Å². The van der Waals surface area contributed by atoms with Crippen LogP contribution in [0.1, 0.15) is 53.2 Å². The molecule has 0 saturated carbocycles. The molecule has 1 aliphatic rings. The molecule has 5 heteroatoms. The van der Waals surface area contributed by atoms with E-state index < -0.39 is 0 Å². The number of amides is 1. The highest BCUT2D eigenvalue weighted by Crippen LogP contribution is 2.24. The molecule has 0 fully saturated rings. The number of hydrogen-bond acceptors (Lipinski definition) is 3. The van der Waals surface area contributed by atoms with Gasteiger partial charge in [0.15, 0.2) is 5.78 Å². The number of benzene rings is 2. The van der Waals surface area contributed by atoms with Crippen molar-refractivity contribution in [3.8, 4) is 0 Å². The van der Waals surface area contributed by atoms with E-state index in [-0.39, 0.29) is 17.7 Å². The van der Waals surface area contributed by atoms with Crippen LogP contribution in [0, 0.1) is 0 Å². The van der Waals surface area contributed by atoms with Gasteiger partial charge < -0.3 is 10.6 Å². The fourth-order valence-electron chi connectivity index (χ4n) is 3.91. The summed E-state index contributed by atoms with van der Waals surface area (Å²) in [6, 6.07) is 14.1. The van der Waals surface area contributed by atoms with Gasteiger partial charge in [-0.1, -0.05) is 41.9 Å². The van der Waals surface area contributed by atoms with E-state index in [1.54, 1.807) is 6.92 Å². The van der Waals surface area contributed by atoms with Crippen LogP contribution in [-0.4, -0.2) is 30.8 Å². The van der Waals surface area contributed by atoms with Gasteiger partial charge in [0.05, 0.1) is 0 Å². The lowest BCUT2D eigenvalue weighted by molar-refractivity contribution is -0.119. The smallest absolute Gasteiger partial charge is 0.217 e. The van der Waals surface area contributed by atoms with E-state index >= 15 is 0 Å². The van der Waals surface area contributed by atoms with Gasteiger partial charge in [-0.25, -0.2) is 0 Å². The topological polar surface area (TPSA) is 58.2 Å². The molecule has 0 bridgehead atoms. The number of hydrogen-bond donors (Lipinski definition) is 2. The van der Waals surface area contributed by atoms with Gasteiger partial charge in [0, 0.05) is 30.0 Å². The Morgan fingerprint density at radius 2 is 1.83 bits per heavy atom. The van der Waals surface area contributed by atoms with Gasteiger partial charge in [0.2, 0.25) is 5.91 Å². The zero-order valence-corrected chi connectivity index (χ0v) is 17.7. The number of carbonyl (C=O) groups excluding carboxylic acids is 2. The van der Waals surface area contributed by atoms with E-state index in [1.807, 2.05) is 36.4 Å². The molecule has 1 aliphatic carbocycles. The number of fused-ring (bicyclic) bond motifs is 1. The largest absolute Gasteiger partial charge is 0.353 e. The highest BCUT2D eigenvalue weighted by molar-refractivity contribution is 6.31. The average molecular weight is 413 g/mol. The van der Waals surface area contributed by atoms with Gasteiger partial charge >= 0.3 is 0 Å². The first kappa shape index (κ1) is 21.5. The Hall–Kier alpha value is -2.17. The van der Waals surface area contributed by atoms with Crippen molar-refractivity contribution in [2.45, 2.75) is 51.5 Å². The van der Waals surface area contributed by atoms with E-state index in [9.17, 15) is 9.59 Å². The van der Waals surface area contributed by atoms with Gasteiger partial charge in [-0.05, 0) is 74.0 Å². The van der Waals surface area contributed by atoms with E-state index in [2.05, 4.69) is 16.7 Å². The minimum Gasteiger partial charge on any atom is -0.353 e. The van der Waals surface area contributed by atoms with E-state index in [0.717, 1.165) is 61.3 Å². The van der Waals surface area contributed by atoms with Crippen molar-refractivity contribution in [2.75, 3.05) is 13.1 Å². The lowest BCUT2D eigenvalue weighted by atomic mass is 10.0. The lowest BCUT2D eigenvalue weighted by Gasteiger charge is -2.08. The summed E-state index contributed by atoms with van der Waals surface area (Å²) in [6.07, 6.45) is 5.00. The molecule has 0 aromatic heterocycles. The predicted molar refractivity (Wildman–Crippen MR) is 118 cm³/mol. The SMILES string of the molecule is CC(=O)NC1Cc2ccc(C(=O)CCCCNCCc3ccccc3Cl)cc2C1. The Morgan fingerprint density at radius 1 is 1.03 bits per heavy atom. The molecule has 29 heavy (non-hydrogen) atoms. The minimum absolute atomic E-state index is 0.000388. The van der Waals surface area contributed by atoms with Crippen molar-refractivity contribution in [1.29, 1.82) is 0 Å². The fraction of sp³-hybridized carbons (Fsp3) is 0.417. The highest BCUT2D eigenvalue weighted by Gasteiger charge is 2.22. The summed E-state index contributed by atoms with van der Waals surface area (Å²) in [6.45, 7) is 3.34. The summed E-state index contributed by atoms with van der Waals surface area (Å²) in [7, 11) is 0. The van der Waals surface area contributed by atoms with Crippen LogP contribution in [0.25, 0.3) is 0 Å². The number of Topliss-reactive ketones (excluding diaryl/α,β-unsaturated/α-hetero) is 1. The van der Waals surface area contributed by atoms with Crippen molar-refractivity contribution in [3.63, 3.8) is 0 Å². The molecule has 1 unspecified atom stereocenters. The Kier molecular flexibility index (Phi) is 7.84. The Bertz CT molecular complexity index is 866. The maximum Gasteiger partial charge on any atom is 0.217 e. The van der Waals surface area contributed by atoms with Crippen LogP contribution in [0.5, 0.6) is 0 Å². The molecule has 4 nitrogen and oxygen atoms in total. The lowest BCUT2D eigenvalue weighted by Crippen LogP contribution is -2.33. The van der Waals surface area contributed by atoms with Gasteiger partial charge in [0.25, 0.3) is 0 Å². The third-order valence-electron chi connectivity index (χ3n) is 5.40. The Labute approximate surface area is 178 Å². The molecule has 0 aliphatic heterocycles. The van der Waals surface area contributed by atoms with Crippen LogP contribution >= 0.6 is 11.6 Å². The summed E-state index contributed by atoms with van der Waals surface area (Å²) in [5.74, 6) is 0.200. The third kappa shape index (κ3) is 6.41. The molecule has 1 amide bonds. The second kappa shape index (κ2) is 10.6. The van der Waals surface area contributed by atoms with E-state index in [0.29, 0.717) is 6.42 Å². The van der Waals surface area contributed by atoms with Gasteiger partial charge in [-0.3, -0.25) is 9.59 Å². The quantitative estimate of drug-likeness (QED) is 0.455. The first-order valence-electron chi connectivity index (χ1n) is 10.4. The van der Waals surface area contributed by atoms with E-state index in [4.69, 9.17) is 11.6 Å². The molecule has 2 aromatic rings. The number of ketones is 1. The van der Waals surface area contributed by atoms with Crippen LogP contribution in [0.3, 0.4) is 0 Å². The number of halogens is 1. The van der Waals surface area contributed by atoms with Crippen LogP contribution in [0.2, 0.25) is 5.02 Å². The van der Waals surface area contributed by atoms with Gasteiger partial charge in [-0.15, -0.1) is 0 Å². The van der Waals surface area contributed by atoms with Crippen LogP contribution in [0.4, 0.5) is 0 Å². The second-order valence-corrected chi connectivity index (χ2v) is 8.17. The summed E-state index contributed by atoms with van der Waals surface area (Å²) in [5, 5.41) is 7.21. The zero-order chi connectivity index (χ0) is 20.6. The maximum atomic E-state index is 12.5. The van der Waals surface area contributed by atoms with Gasteiger partial charge in [-0.2, -0.15) is 0 Å². The van der Waals surface area contributed by atoms with Crippen molar-refractivity contribution >= 4 is 23.3 Å². The molecule has 0 spiro atoms. The summed E-state index contributed by atoms with van der Waals surface area (Å²) in [4.78, 5) is 23.8. The molecule has 2 N–H and O–H groups in total. The zero-order valence-electron chi connectivity index (χ0n) is 17.0. The summed E-state index contributed by atoms with van der Waals surface area (Å²) < 4.78 is 0. The van der Waals surface area contributed by atoms with E-state index in [1.165, 1.54) is 11.1 Å². The number of nitrogens with one attached hydrogen (secondary N) is 2. The molecule has 1 atom stereocenters. The van der Waals surface area contributed by atoms with Crippen molar-refractivity contribution < 1.29 is 9.59 Å². The van der Waals surface area contributed by atoms with Crippen molar-refractivity contribution in [3.05, 3.63) is 69.7 Å². The summed E-state index contributed by atoms with van der Waals surface area (Å²) in [5.41, 5.74) is 4.38. The monoisotopic (exact) mass is 412 g/mol.